The van der Waals surface area contributed by atoms with E-state index in [1.165, 1.54) is 11.0 Å². The van der Waals surface area contributed by atoms with Crippen LogP contribution in [0.25, 0.3) is 11.6 Å². The smallest absolute Gasteiger partial charge is 0.233 e. The molecule has 2 aromatic rings. The molecule has 7 heteroatoms. The van der Waals surface area contributed by atoms with Crippen LogP contribution in [0.2, 0.25) is 5.02 Å². The van der Waals surface area contributed by atoms with Crippen LogP contribution in [0, 0.1) is 17.8 Å². The number of hydrogen-bond donors (Lipinski definition) is 3. The van der Waals surface area contributed by atoms with E-state index < -0.39 is 23.9 Å². The van der Waals surface area contributed by atoms with E-state index in [-0.39, 0.29) is 24.2 Å². The van der Waals surface area contributed by atoms with Crippen LogP contribution in [-0.4, -0.2) is 51.3 Å². The van der Waals surface area contributed by atoms with Gasteiger partial charge in [-0.15, -0.1) is 0 Å². The molecule has 1 fully saturated rings. The lowest BCUT2D eigenvalue weighted by Crippen LogP contribution is -2.38. The topological polar surface area (TPSA) is 98.1 Å². The van der Waals surface area contributed by atoms with Crippen molar-refractivity contribution in [2.24, 2.45) is 17.8 Å². The highest BCUT2D eigenvalue weighted by Gasteiger charge is 2.54. The fourth-order valence-corrected chi connectivity index (χ4v) is 6.08. The molecule has 0 bridgehead atoms. The van der Waals surface area contributed by atoms with Crippen LogP contribution in [0.15, 0.2) is 59.7 Å². The Bertz CT molecular complexity index is 1220. The molecule has 0 unspecified atom stereocenters. The molecule has 1 saturated heterocycles. The first-order chi connectivity index (χ1) is 17.8. The normalized spacial score (nSPS) is 23.0. The number of halogens is 1. The molecule has 1 heterocycles. The van der Waals surface area contributed by atoms with Crippen molar-refractivity contribution in [3.05, 3.63) is 75.8 Å². The summed E-state index contributed by atoms with van der Waals surface area (Å²) in [6.45, 7) is 3.90. The molecule has 0 aromatic heterocycles. The summed E-state index contributed by atoms with van der Waals surface area (Å²) in [5, 5.41) is 31.8. The van der Waals surface area contributed by atoms with Crippen molar-refractivity contribution < 1.29 is 24.9 Å². The molecule has 6 nitrogen and oxygen atoms in total. The highest BCUT2D eigenvalue weighted by molar-refractivity contribution is 6.32. The molecule has 1 aliphatic heterocycles. The highest BCUT2D eigenvalue weighted by atomic mass is 35.5. The molecule has 0 saturated carbocycles. The summed E-state index contributed by atoms with van der Waals surface area (Å²) in [5.41, 5.74) is 4.25. The van der Waals surface area contributed by atoms with Crippen molar-refractivity contribution in [2.45, 2.75) is 45.6 Å². The Morgan fingerprint density at radius 2 is 1.89 bits per heavy atom. The van der Waals surface area contributed by atoms with E-state index in [4.69, 9.17) is 11.6 Å². The third kappa shape index (κ3) is 5.52. The molecular formula is C30H34ClNO5. The average Bonchev–Trinajstić information content (AvgIpc) is 3.11. The summed E-state index contributed by atoms with van der Waals surface area (Å²) in [5.74, 6) is -1.99. The third-order valence-corrected chi connectivity index (χ3v) is 7.90. The number of carbonyl (C=O) groups excluding carboxylic acids is 2. The van der Waals surface area contributed by atoms with E-state index in [1.807, 2.05) is 50.3 Å². The number of carbonyl (C=O) groups is 2. The van der Waals surface area contributed by atoms with Crippen LogP contribution in [0.3, 0.4) is 0 Å². The standard InChI is InChI=1S/C30H34ClNO5/c1-3-13-32-29(36)23-14-18(2)27(24(17-33)28(23)30(32)37)26(35)12-10-20(19-7-5-4-6-8-19)15-21-9-11-22(34)16-25(21)31/h4-9,11,15-16,23-24,26,28,33-35H,3,10,12-14,17H2,1-2H3/b20-15-/t23-,24+,26-,28-/m1/s1. The molecule has 2 amide bonds. The Morgan fingerprint density at radius 3 is 2.54 bits per heavy atom. The van der Waals surface area contributed by atoms with Gasteiger partial charge in [-0.05, 0) is 79.2 Å². The molecule has 37 heavy (non-hydrogen) atoms. The molecular weight excluding hydrogens is 490 g/mol. The van der Waals surface area contributed by atoms with Crippen molar-refractivity contribution in [1.29, 1.82) is 0 Å². The fraction of sp³-hybridized carbons (Fsp3) is 0.400. The number of amides is 2. The highest BCUT2D eigenvalue weighted by Crippen LogP contribution is 2.46. The SMILES string of the molecule is CCCN1C(=O)[C@@H]2[C@@H](CC(C)=C([C@H](O)CC/C(=C/c3ccc(O)cc3Cl)c3ccccc3)[C@@H]2CO)C1=O. The number of nitrogens with zero attached hydrogens (tertiary/aromatic N) is 1. The second-order valence-electron chi connectivity index (χ2n) is 9.99. The lowest BCUT2D eigenvalue weighted by molar-refractivity contribution is -0.140. The first-order valence-electron chi connectivity index (χ1n) is 12.8. The van der Waals surface area contributed by atoms with E-state index in [0.717, 1.165) is 22.3 Å². The number of imide groups is 1. The van der Waals surface area contributed by atoms with Gasteiger partial charge >= 0.3 is 0 Å². The van der Waals surface area contributed by atoms with Gasteiger partial charge in [-0.2, -0.15) is 0 Å². The Balaban J connectivity index is 1.60. The molecule has 0 spiro atoms. The molecule has 3 N–H and O–H groups in total. The predicted molar refractivity (Wildman–Crippen MR) is 145 cm³/mol. The monoisotopic (exact) mass is 523 g/mol. The summed E-state index contributed by atoms with van der Waals surface area (Å²) in [6.07, 6.45) is 3.07. The van der Waals surface area contributed by atoms with Crippen LogP contribution < -0.4 is 0 Å². The Hall–Kier alpha value is -2.93. The first-order valence-corrected chi connectivity index (χ1v) is 13.2. The molecule has 4 atom stereocenters. The fourth-order valence-electron chi connectivity index (χ4n) is 5.85. The van der Waals surface area contributed by atoms with E-state index in [9.17, 15) is 24.9 Å². The van der Waals surface area contributed by atoms with Crippen molar-refractivity contribution in [3.63, 3.8) is 0 Å². The molecule has 2 aliphatic rings. The molecule has 2 aromatic carbocycles. The lowest BCUT2D eigenvalue weighted by atomic mass is 9.68. The van der Waals surface area contributed by atoms with Gasteiger partial charge in [0, 0.05) is 12.5 Å². The summed E-state index contributed by atoms with van der Waals surface area (Å²) < 4.78 is 0. The Labute approximate surface area is 222 Å². The van der Waals surface area contributed by atoms with Crippen LogP contribution in [-0.2, 0) is 9.59 Å². The lowest BCUT2D eigenvalue weighted by Gasteiger charge is -2.35. The minimum atomic E-state index is -0.872. The molecule has 1 aliphatic carbocycles. The van der Waals surface area contributed by atoms with Gasteiger partial charge in [0.2, 0.25) is 11.8 Å². The van der Waals surface area contributed by atoms with Gasteiger partial charge in [-0.3, -0.25) is 14.5 Å². The van der Waals surface area contributed by atoms with Gasteiger partial charge < -0.3 is 15.3 Å². The Morgan fingerprint density at radius 1 is 1.16 bits per heavy atom. The quantitative estimate of drug-likeness (QED) is 0.242. The number of phenols is 1. The number of likely N-dealkylation sites (tertiary alicyclic amines) is 1. The van der Waals surface area contributed by atoms with Crippen molar-refractivity contribution in [2.75, 3.05) is 13.2 Å². The number of allylic oxidation sites excluding steroid dienone is 2. The van der Waals surface area contributed by atoms with Gasteiger partial charge in [-0.1, -0.05) is 54.4 Å². The largest absolute Gasteiger partial charge is 0.508 e. The number of phenolic OH excluding ortho intramolecular Hbond substituents is 1. The molecule has 4 rings (SSSR count). The van der Waals surface area contributed by atoms with E-state index in [2.05, 4.69) is 0 Å². The van der Waals surface area contributed by atoms with Crippen molar-refractivity contribution in [3.8, 4) is 5.75 Å². The number of aliphatic hydroxyl groups is 2. The maximum atomic E-state index is 13.1. The van der Waals surface area contributed by atoms with E-state index in [1.54, 1.807) is 12.1 Å². The summed E-state index contributed by atoms with van der Waals surface area (Å²) in [7, 11) is 0. The number of hydrogen-bond acceptors (Lipinski definition) is 5. The van der Waals surface area contributed by atoms with E-state index >= 15 is 0 Å². The third-order valence-electron chi connectivity index (χ3n) is 7.57. The minimum absolute atomic E-state index is 0.0873. The zero-order chi connectivity index (χ0) is 26.7. The number of rotatable bonds is 9. The summed E-state index contributed by atoms with van der Waals surface area (Å²) >= 11 is 6.36. The van der Waals surface area contributed by atoms with Gasteiger partial charge in [0.15, 0.2) is 0 Å². The zero-order valence-electron chi connectivity index (χ0n) is 21.2. The molecule has 0 radical (unpaired) electrons. The van der Waals surface area contributed by atoms with E-state index in [0.29, 0.717) is 42.8 Å². The first kappa shape index (κ1) is 27.1. The van der Waals surface area contributed by atoms with Gasteiger partial charge in [0.05, 0.1) is 29.6 Å². The maximum Gasteiger partial charge on any atom is 0.233 e. The van der Waals surface area contributed by atoms with Crippen LogP contribution in [0.5, 0.6) is 5.75 Å². The maximum absolute atomic E-state index is 13.1. The summed E-state index contributed by atoms with van der Waals surface area (Å²) in [4.78, 5) is 27.4. The second-order valence-corrected chi connectivity index (χ2v) is 10.4. The predicted octanol–water partition coefficient (Wildman–Crippen LogP) is 5.07. The zero-order valence-corrected chi connectivity index (χ0v) is 22.0. The van der Waals surface area contributed by atoms with Crippen molar-refractivity contribution >= 4 is 35.1 Å². The number of benzene rings is 2. The number of aliphatic hydroxyl groups excluding tert-OH is 2. The van der Waals surface area contributed by atoms with Gasteiger partial charge in [0.1, 0.15) is 5.75 Å². The minimum Gasteiger partial charge on any atom is -0.508 e. The second kappa shape index (κ2) is 11.6. The van der Waals surface area contributed by atoms with Gasteiger partial charge in [0.25, 0.3) is 0 Å². The van der Waals surface area contributed by atoms with Crippen LogP contribution in [0.1, 0.15) is 50.7 Å². The van der Waals surface area contributed by atoms with Crippen LogP contribution in [0.4, 0.5) is 0 Å². The summed E-state index contributed by atoms with van der Waals surface area (Å²) in [6, 6.07) is 14.6. The van der Waals surface area contributed by atoms with Crippen molar-refractivity contribution in [1.82, 2.24) is 4.90 Å². The number of fused-ring (bicyclic) bond motifs is 1. The van der Waals surface area contributed by atoms with Crippen LogP contribution >= 0.6 is 11.6 Å². The van der Waals surface area contributed by atoms with Gasteiger partial charge in [-0.25, -0.2) is 0 Å². The Kier molecular flexibility index (Phi) is 8.53. The number of aromatic hydroxyl groups is 1. The average molecular weight is 524 g/mol. The molecule has 196 valence electrons.